The van der Waals surface area contributed by atoms with Gasteiger partial charge in [0.2, 0.25) is 0 Å². The number of fused-ring (bicyclic) bond motifs is 1. The Balaban J connectivity index is 2.40. The van der Waals surface area contributed by atoms with E-state index in [9.17, 15) is 8.78 Å². The highest BCUT2D eigenvalue weighted by atomic mass is 127. The third-order valence-corrected chi connectivity index (χ3v) is 4.94. The molecule has 0 aliphatic carbocycles. The van der Waals surface area contributed by atoms with Gasteiger partial charge >= 0.3 is 0 Å². The van der Waals surface area contributed by atoms with Crippen molar-refractivity contribution in [1.82, 2.24) is 4.57 Å². The third-order valence-electron chi connectivity index (χ3n) is 3.80. The van der Waals surface area contributed by atoms with Crippen LogP contribution in [0.4, 0.5) is 8.78 Å². The topological polar surface area (TPSA) is 4.93 Å². The molecule has 22 heavy (non-hydrogen) atoms. The molecule has 0 N–H and O–H groups in total. The van der Waals surface area contributed by atoms with Crippen molar-refractivity contribution in [2.75, 3.05) is 0 Å². The first-order valence-corrected chi connectivity index (χ1v) is 8.24. The minimum atomic E-state index is -0.823. The zero-order chi connectivity index (χ0) is 16.0. The van der Waals surface area contributed by atoms with Gasteiger partial charge in [-0.2, -0.15) is 0 Å². The van der Waals surface area contributed by atoms with Gasteiger partial charge in [0.25, 0.3) is 0 Å². The minimum Gasteiger partial charge on any atom is -0.312 e. The molecule has 1 heterocycles. The lowest BCUT2D eigenvalue weighted by molar-refractivity contribution is 0.508. The molecule has 4 heteroatoms. The van der Waals surface area contributed by atoms with Crippen LogP contribution in [0.25, 0.3) is 16.6 Å². The van der Waals surface area contributed by atoms with Crippen LogP contribution in [0.15, 0.2) is 36.4 Å². The van der Waals surface area contributed by atoms with Crippen LogP contribution < -0.4 is 0 Å². The largest absolute Gasteiger partial charge is 0.312 e. The average Bonchev–Trinajstić information content (AvgIpc) is 2.75. The maximum absolute atomic E-state index is 13.7. The summed E-state index contributed by atoms with van der Waals surface area (Å²) in [5.41, 5.74) is 3.97. The van der Waals surface area contributed by atoms with Crippen molar-refractivity contribution in [3.63, 3.8) is 0 Å². The van der Waals surface area contributed by atoms with Crippen LogP contribution in [-0.2, 0) is 0 Å². The van der Waals surface area contributed by atoms with E-state index in [-0.39, 0.29) is 5.92 Å². The van der Waals surface area contributed by atoms with Gasteiger partial charge in [0.1, 0.15) is 0 Å². The van der Waals surface area contributed by atoms with Crippen LogP contribution >= 0.6 is 22.6 Å². The van der Waals surface area contributed by atoms with Crippen LogP contribution in [0, 0.1) is 22.1 Å². The standard InChI is InChI=1S/C18H16F2IN/c1-10(2)18-17(21)13-8-11(3)4-7-16(13)22(18)12-5-6-14(19)15(20)9-12/h4-10H,1-3H3. The second-order valence-corrected chi connectivity index (χ2v) is 6.89. The molecular weight excluding hydrogens is 395 g/mol. The predicted molar refractivity (Wildman–Crippen MR) is 94.7 cm³/mol. The molecule has 0 bridgehead atoms. The molecular formula is C18H16F2IN. The highest BCUT2D eigenvalue weighted by Gasteiger charge is 2.19. The Hall–Kier alpha value is -1.43. The quantitative estimate of drug-likeness (QED) is 0.460. The van der Waals surface area contributed by atoms with E-state index in [0.29, 0.717) is 5.69 Å². The molecule has 0 radical (unpaired) electrons. The summed E-state index contributed by atoms with van der Waals surface area (Å²) >= 11 is 2.34. The first-order valence-electron chi connectivity index (χ1n) is 7.16. The highest BCUT2D eigenvalue weighted by molar-refractivity contribution is 14.1. The fraction of sp³-hybridized carbons (Fsp3) is 0.222. The highest BCUT2D eigenvalue weighted by Crippen LogP contribution is 2.35. The maximum atomic E-state index is 13.7. The van der Waals surface area contributed by atoms with E-state index in [0.717, 1.165) is 20.2 Å². The fourth-order valence-electron chi connectivity index (χ4n) is 2.80. The molecule has 3 rings (SSSR count). The van der Waals surface area contributed by atoms with Gasteiger partial charge in [-0.15, -0.1) is 0 Å². The second kappa shape index (κ2) is 5.65. The van der Waals surface area contributed by atoms with Crippen molar-refractivity contribution in [3.05, 3.63) is 62.9 Å². The number of nitrogens with zero attached hydrogens (tertiary/aromatic N) is 1. The molecule has 0 amide bonds. The predicted octanol–water partition coefficient (Wildman–Crippen LogP) is 5.95. The molecule has 0 aliphatic rings. The summed E-state index contributed by atoms with van der Waals surface area (Å²) in [6, 6.07) is 10.3. The number of benzene rings is 2. The molecule has 0 unspecified atom stereocenters. The van der Waals surface area contributed by atoms with Gasteiger partial charge in [-0.05, 0) is 59.7 Å². The number of rotatable bonds is 2. The Labute approximate surface area is 142 Å². The SMILES string of the molecule is Cc1ccc2c(c1)c(I)c(C(C)C)n2-c1ccc(F)c(F)c1. The molecule has 0 aliphatic heterocycles. The summed E-state index contributed by atoms with van der Waals surface area (Å²) in [5, 5.41) is 1.15. The summed E-state index contributed by atoms with van der Waals surface area (Å²) in [6.07, 6.45) is 0. The van der Waals surface area contributed by atoms with E-state index >= 15 is 0 Å². The number of aromatic nitrogens is 1. The summed E-state index contributed by atoms with van der Waals surface area (Å²) in [5.74, 6) is -1.37. The van der Waals surface area contributed by atoms with Crippen LogP contribution in [0.1, 0.15) is 31.0 Å². The summed E-state index contributed by atoms with van der Waals surface area (Å²) < 4.78 is 30.1. The number of aryl methyl sites for hydroxylation is 1. The maximum Gasteiger partial charge on any atom is 0.160 e. The lowest BCUT2D eigenvalue weighted by atomic mass is 10.1. The number of hydrogen-bond donors (Lipinski definition) is 0. The Kier molecular flexibility index (Phi) is 3.97. The van der Waals surface area contributed by atoms with Gasteiger partial charge in [-0.25, -0.2) is 8.78 Å². The van der Waals surface area contributed by atoms with E-state index in [1.54, 1.807) is 6.07 Å². The Morgan fingerprint density at radius 1 is 1.00 bits per heavy atom. The van der Waals surface area contributed by atoms with Crippen LogP contribution in [0.2, 0.25) is 0 Å². The van der Waals surface area contributed by atoms with Gasteiger partial charge in [0, 0.05) is 26.4 Å². The van der Waals surface area contributed by atoms with E-state index < -0.39 is 11.6 Å². The van der Waals surface area contributed by atoms with E-state index in [4.69, 9.17) is 0 Å². The summed E-state index contributed by atoms with van der Waals surface area (Å²) in [7, 11) is 0. The average molecular weight is 411 g/mol. The van der Waals surface area contributed by atoms with Gasteiger partial charge in [0.15, 0.2) is 11.6 Å². The number of halogens is 3. The lowest BCUT2D eigenvalue weighted by Gasteiger charge is -2.14. The first-order chi connectivity index (χ1) is 10.4. The van der Waals surface area contributed by atoms with Crippen molar-refractivity contribution < 1.29 is 8.78 Å². The Morgan fingerprint density at radius 2 is 1.73 bits per heavy atom. The lowest BCUT2D eigenvalue weighted by Crippen LogP contribution is -2.04. The fourth-order valence-corrected chi connectivity index (χ4v) is 4.10. The molecule has 0 spiro atoms. The summed E-state index contributed by atoms with van der Waals surface area (Å²) in [4.78, 5) is 0. The molecule has 1 aromatic heterocycles. The molecule has 2 aromatic carbocycles. The van der Waals surface area contributed by atoms with E-state index in [1.807, 2.05) is 16.7 Å². The minimum absolute atomic E-state index is 0.271. The van der Waals surface area contributed by atoms with Crippen LogP contribution in [-0.4, -0.2) is 4.57 Å². The molecule has 0 saturated carbocycles. The zero-order valence-corrected chi connectivity index (χ0v) is 14.8. The van der Waals surface area contributed by atoms with Crippen molar-refractivity contribution in [2.24, 2.45) is 0 Å². The van der Waals surface area contributed by atoms with Crippen molar-refractivity contribution in [2.45, 2.75) is 26.7 Å². The zero-order valence-electron chi connectivity index (χ0n) is 12.6. The van der Waals surface area contributed by atoms with E-state index in [2.05, 4.69) is 49.4 Å². The second-order valence-electron chi connectivity index (χ2n) is 5.81. The van der Waals surface area contributed by atoms with Crippen LogP contribution in [0.5, 0.6) is 0 Å². The number of hydrogen-bond acceptors (Lipinski definition) is 0. The molecule has 3 aromatic rings. The van der Waals surface area contributed by atoms with E-state index in [1.165, 1.54) is 17.7 Å². The molecule has 0 saturated heterocycles. The van der Waals surface area contributed by atoms with Crippen LogP contribution in [0.3, 0.4) is 0 Å². The van der Waals surface area contributed by atoms with Crippen molar-refractivity contribution >= 4 is 33.5 Å². The monoisotopic (exact) mass is 411 g/mol. The van der Waals surface area contributed by atoms with Gasteiger partial charge < -0.3 is 4.57 Å². The smallest absolute Gasteiger partial charge is 0.160 e. The Bertz CT molecular complexity index is 865. The molecule has 0 atom stereocenters. The normalized spacial score (nSPS) is 11.6. The third kappa shape index (κ3) is 2.43. The van der Waals surface area contributed by atoms with Crippen molar-refractivity contribution in [1.29, 1.82) is 0 Å². The molecule has 114 valence electrons. The van der Waals surface area contributed by atoms with Gasteiger partial charge in [-0.1, -0.05) is 25.5 Å². The van der Waals surface area contributed by atoms with Gasteiger partial charge in [0.05, 0.1) is 5.52 Å². The van der Waals surface area contributed by atoms with Gasteiger partial charge in [-0.3, -0.25) is 0 Å². The summed E-state index contributed by atoms with van der Waals surface area (Å²) in [6.45, 7) is 6.28. The van der Waals surface area contributed by atoms with Crippen molar-refractivity contribution in [3.8, 4) is 5.69 Å². The first kappa shape index (κ1) is 15.5. The molecule has 0 fully saturated rings. The Morgan fingerprint density at radius 3 is 2.36 bits per heavy atom. The molecule has 1 nitrogen and oxygen atoms in total.